The molecule has 0 unspecified atom stereocenters. The molecule has 0 atom stereocenters. The van der Waals surface area contributed by atoms with E-state index in [1.165, 1.54) is 11.1 Å². The van der Waals surface area contributed by atoms with Crippen LogP contribution in [-0.2, 0) is 13.0 Å². The Labute approximate surface area is 135 Å². The maximum absolute atomic E-state index is 5.99. The summed E-state index contributed by atoms with van der Waals surface area (Å²) in [6, 6.07) is 4.95. The van der Waals surface area contributed by atoms with E-state index in [-0.39, 0.29) is 0 Å². The van der Waals surface area contributed by atoms with Gasteiger partial charge in [-0.3, -0.25) is 4.90 Å². The Balaban J connectivity index is 2.22. The summed E-state index contributed by atoms with van der Waals surface area (Å²) >= 11 is 9.60. The Morgan fingerprint density at radius 3 is 2.75 bits per heavy atom. The number of fused-ring (bicyclic) bond motifs is 1. The van der Waals surface area contributed by atoms with Crippen LogP contribution in [0, 0.1) is 0 Å². The van der Waals surface area contributed by atoms with Gasteiger partial charge in [-0.15, -0.1) is 11.6 Å². The van der Waals surface area contributed by atoms with Gasteiger partial charge >= 0.3 is 0 Å². The minimum Gasteiger partial charge on any atom is -0.493 e. The molecule has 1 heterocycles. The maximum atomic E-state index is 5.99. The molecule has 0 aromatic heterocycles. The van der Waals surface area contributed by atoms with E-state index >= 15 is 0 Å². The van der Waals surface area contributed by atoms with Gasteiger partial charge in [-0.25, -0.2) is 0 Å². The highest BCUT2D eigenvalue weighted by atomic mass is 79.9. The lowest BCUT2D eigenvalue weighted by molar-refractivity contribution is 0.185. The van der Waals surface area contributed by atoms with E-state index in [1.807, 2.05) is 0 Å². The summed E-state index contributed by atoms with van der Waals surface area (Å²) in [6.45, 7) is 7.14. The van der Waals surface area contributed by atoms with Crippen molar-refractivity contribution >= 4 is 27.5 Å². The van der Waals surface area contributed by atoms with Crippen molar-refractivity contribution in [2.24, 2.45) is 0 Å². The number of halogens is 2. The van der Waals surface area contributed by atoms with Crippen LogP contribution in [-0.4, -0.2) is 30.0 Å². The van der Waals surface area contributed by atoms with E-state index in [0.29, 0.717) is 11.9 Å². The average Bonchev–Trinajstić information content (AvgIpc) is 2.88. The van der Waals surface area contributed by atoms with E-state index in [0.717, 1.165) is 49.2 Å². The van der Waals surface area contributed by atoms with Crippen LogP contribution in [0.1, 0.15) is 37.8 Å². The number of ether oxygens (including phenoxy) is 1. The third-order valence-electron chi connectivity index (χ3n) is 4.03. The van der Waals surface area contributed by atoms with Gasteiger partial charge in [0.1, 0.15) is 5.75 Å². The Hall–Kier alpha value is -0.250. The Bertz CT molecular complexity index is 448. The first-order valence-corrected chi connectivity index (χ1v) is 8.76. The first-order chi connectivity index (χ1) is 9.69. The van der Waals surface area contributed by atoms with Gasteiger partial charge < -0.3 is 4.74 Å². The fraction of sp³-hybridized carbons (Fsp3) is 0.625. The molecule has 0 amide bonds. The zero-order valence-corrected chi connectivity index (χ0v) is 14.6. The van der Waals surface area contributed by atoms with Crippen LogP contribution in [0.2, 0.25) is 0 Å². The fourth-order valence-electron chi connectivity index (χ4n) is 2.99. The molecule has 1 aromatic rings. The molecule has 0 spiro atoms. The second kappa shape index (κ2) is 7.67. The van der Waals surface area contributed by atoms with Gasteiger partial charge in [0.2, 0.25) is 0 Å². The second-order valence-electron chi connectivity index (χ2n) is 5.28. The lowest BCUT2D eigenvalue weighted by atomic mass is 10.1. The van der Waals surface area contributed by atoms with Crippen molar-refractivity contribution in [1.82, 2.24) is 4.90 Å². The van der Waals surface area contributed by atoms with Crippen LogP contribution < -0.4 is 4.74 Å². The number of nitrogens with zero attached hydrogens (tertiary/aromatic N) is 1. The van der Waals surface area contributed by atoms with E-state index < -0.39 is 0 Å². The minimum absolute atomic E-state index is 0.588. The third kappa shape index (κ3) is 3.69. The van der Waals surface area contributed by atoms with Crippen molar-refractivity contribution in [3.8, 4) is 5.75 Å². The first-order valence-electron chi connectivity index (χ1n) is 7.43. The zero-order chi connectivity index (χ0) is 14.5. The molecule has 1 aliphatic rings. The molecule has 1 aromatic carbocycles. The maximum Gasteiger partial charge on any atom is 0.127 e. The number of hydrogen-bond acceptors (Lipinski definition) is 2. The summed E-state index contributed by atoms with van der Waals surface area (Å²) in [7, 11) is 0. The molecule has 112 valence electrons. The van der Waals surface area contributed by atoms with Gasteiger partial charge in [-0.1, -0.05) is 29.8 Å². The van der Waals surface area contributed by atoms with E-state index in [2.05, 4.69) is 46.8 Å². The van der Waals surface area contributed by atoms with Crippen LogP contribution in [0.15, 0.2) is 16.6 Å². The van der Waals surface area contributed by atoms with Crippen molar-refractivity contribution in [2.45, 2.75) is 45.7 Å². The summed E-state index contributed by atoms with van der Waals surface area (Å²) in [5.74, 6) is 1.77. The molecule has 20 heavy (non-hydrogen) atoms. The van der Waals surface area contributed by atoms with Crippen molar-refractivity contribution in [3.05, 3.63) is 27.7 Å². The molecule has 4 heteroatoms. The number of rotatable bonds is 7. The highest BCUT2D eigenvalue weighted by Gasteiger charge is 2.21. The first kappa shape index (κ1) is 16.1. The molecule has 0 N–H and O–H groups in total. The van der Waals surface area contributed by atoms with E-state index in [4.69, 9.17) is 16.3 Å². The smallest absolute Gasteiger partial charge is 0.127 e. The van der Waals surface area contributed by atoms with E-state index in [1.54, 1.807) is 0 Å². The van der Waals surface area contributed by atoms with Gasteiger partial charge in [-0.2, -0.15) is 0 Å². The van der Waals surface area contributed by atoms with Gasteiger partial charge in [0, 0.05) is 41.5 Å². The quantitative estimate of drug-likeness (QED) is 0.658. The Morgan fingerprint density at radius 2 is 2.10 bits per heavy atom. The van der Waals surface area contributed by atoms with Gasteiger partial charge in [0.15, 0.2) is 0 Å². The molecular formula is C16H23BrClNO. The Kier molecular flexibility index (Phi) is 6.19. The summed E-state index contributed by atoms with van der Waals surface area (Å²) in [5.41, 5.74) is 2.61. The van der Waals surface area contributed by atoms with Crippen molar-refractivity contribution < 1.29 is 4.74 Å². The lowest BCUT2D eigenvalue weighted by Gasteiger charge is -2.30. The van der Waals surface area contributed by atoms with Gasteiger partial charge in [0.25, 0.3) is 0 Å². The molecular weight excluding hydrogens is 338 g/mol. The van der Waals surface area contributed by atoms with Crippen molar-refractivity contribution in [1.29, 1.82) is 0 Å². The van der Waals surface area contributed by atoms with Crippen LogP contribution >= 0.6 is 27.5 Å². The predicted octanol–water partition coefficient (Wildman–Crippen LogP) is 4.61. The van der Waals surface area contributed by atoms with Gasteiger partial charge in [-0.05, 0) is 30.5 Å². The summed E-state index contributed by atoms with van der Waals surface area (Å²) in [4.78, 5) is 2.48. The molecule has 0 radical (unpaired) electrons. The van der Waals surface area contributed by atoms with Crippen molar-refractivity contribution in [2.75, 3.05) is 19.0 Å². The standard InChI is InChI=1S/C16H23BrClNO/c1-3-15(4-2)19(7-6-18)11-13-10-14(17)9-12-5-8-20-16(12)13/h9-10,15H,3-8,11H2,1-2H3. The molecule has 2 nitrogen and oxygen atoms in total. The largest absolute Gasteiger partial charge is 0.493 e. The minimum atomic E-state index is 0.588. The zero-order valence-electron chi connectivity index (χ0n) is 12.3. The Morgan fingerprint density at radius 1 is 1.35 bits per heavy atom. The topological polar surface area (TPSA) is 12.5 Å². The molecule has 0 saturated carbocycles. The molecule has 2 rings (SSSR count). The summed E-state index contributed by atoms with van der Waals surface area (Å²) in [6.07, 6.45) is 3.33. The molecule has 0 saturated heterocycles. The SMILES string of the molecule is CCC(CC)N(CCCl)Cc1cc(Br)cc2c1OCC2. The summed E-state index contributed by atoms with van der Waals surface area (Å²) in [5, 5.41) is 0. The number of alkyl halides is 1. The highest BCUT2D eigenvalue weighted by Crippen LogP contribution is 2.34. The molecule has 1 aliphatic heterocycles. The molecule has 0 bridgehead atoms. The van der Waals surface area contributed by atoms with Gasteiger partial charge in [0.05, 0.1) is 6.61 Å². The highest BCUT2D eigenvalue weighted by molar-refractivity contribution is 9.10. The average molecular weight is 361 g/mol. The van der Waals surface area contributed by atoms with E-state index in [9.17, 15) is 0 Å². The third-order valence-corrected chi connectivity index (χ3v) is 4.66. The summed E-state index contributed by atoms with van der Waals surface area (Å²) < 4.78 is 6.98. The lowest BCUT2D eigenvalue weighted by Crippen LogP contribution is -2.35. The second-order valence-corrected chi connectivity index (χ2v) is 6.58. The molecule has 0 fully saturated rings. The van der Waals surface area contributed by atoms with Crippen LogP contribution in [0.25, 0.3) is 0 Å². The normalized spacial score (nSPS) is 13.9. The number of hydrogen-bond donors (Lipinski definition) is 0. The van der Waals surface area contributed by atoms with Crippen LogP contribution in [0.5, 0.6) is 5.75 Å². The van der Waals surface area contributed by atoms with Crippen LogP contribution in [0.3, 0.4) is 0 Å². The number of benzene rings is 1. The van der Waals surface area contributed by atoms with Crippen molar-refractivity contribution in [3.63, 3.8) is 0 Å². The molecule has 0 aliphatic carbocycles. The predicted molar refractivity (Wildman–Crippen MR) is 88.8 cm³/mol. The van der Waals surface area contributed by atoms with Crippen LogP contribution in [0.4, 0.5) is 0 Å². The fourth-order valence-corrected chi connectivity index (χ4v) is 3.76. The monoisotopic (exact) mass is 359 g/mol.